The number of non-ortho nitro benzene ring substituents is 1. The lowest BCUT2D eigenvalue weighted by atomic mass is 10.0. The third-order valence-electron chi connectivity index (χ3n) is 3.45. The largest absolute Gasteiger partial charge is 0.322 e. The molecule has 0 saturated heterocycles. The molecular formula is C17H11ClN2O3. The van der Waals surface area contributed by atoms with Crippen LogP contribution in [0.3, 0.4) is 0 Å². The Morgan fingerprint density at radius 1 is 0.957 bits per heavy atom. The number of hydrogen-bond donors (Lipinski definition) is 1. The molecule has 3 rings (SSSR count). The predicted molar refractivity (Wildman–Crippen MR) is 90.0 cm³/mol. The summed E-state index contributed by atoms with van der Waals surface area (Å²) in [5.74, 6) is -0.299. The van der Waals surface area contributed by atoms with Crippen molar-refractivity contribution in [1.82, 2.24) is 0 Å². The first-order chi connectivity index (χ1) is 11.1. The Hall–Kier alpha value is -2.92. The summed E-state index contributed by atoms with van der Waals surface area (Å²) < 4.78 is 0. The van der Waals surface area contributed by atoms with E-state index in [1.165, 1.54) is 24.3 Å². The van der Waals surface area contributed by atoms with Crippen molar-refractivity contribution in [2.75, 3.05) is 5.32 Å². The maximum atomic E-state index is 12.5. The lowest BCUT2D eigenvalue weighted by Crippen LogP contribution is -2.12. The van der Waals surface area contributed by atoms with Crippen molar-refractivity contribution in [2.45, 2.75) is 0 Å². The minimum atomic E-state index is -0.488. The van der Waals surface area contributed by atoms with E-state index in [0.29, 0.717) is 16.3 Å². The molecule has 0 bridgehead atoms. The average molecular weight is 327 g/mol. The number of hydrogen-bond acceptors (Lipinski definition) is 3. The molecule has 0 aromatic heterocycles. The van der Waals surface area contributed by atoms with Crippen LogP contribution in [0.25, 0.3) is 10.8 Å². The fourth-order valence-corrected chi connectivity index (χ4v) is 2.57. The summed E-state index contributed by atoms with van der Waals surface area (Å²) in [6.07, 6.45) is 0. The van der Waals surface area contributed by atoms with E-state index in [-0.39, 0.29) is 11.6 Å². The van der Waals surface area contributed by atoms with Crippen molar-refractivity contribution in [1.29, 1.82) is 0 Å². The SMILES string of the molecule is O=C(Nc1ccc([N+](=O)[O-])cc1)c1cccc2c(Cl)cccc12. The van der Waals surface area contributed by atoms with Gasteiger partial charge in [-0.1, -0.05) is 35.9 Å². The van der Waals surface area contributed by atoms with Gasteiger partial charge in [-0.2, -0.15) is 0 Å². The number of nitro benzene ring substituents is 1. The number of benzene rings is 3. The smallest absolute Gasteiger partial charge is 0.269 e. The van der Waals surface area contributed by atoms with Gasteiger partial charge in [0.1, 0.15) is 0 Å². The predicted octanol–water partition coefficient (Wildman–Crippen LogP) is 4.65. The standard InChI is InChI=1S/C17H11ClN2O3/c18-16-6-2-3-13-14(16)4-1-5-15(13)17(21)19-11-7-9-12(10-8-11)20(22)23/h1-10H,(H,19,21). The fraction of sp³-hybridized carbons (Fsp3) is 0. The topological polar surface area (TPSA) is 72.2 Å². The maximum Gasteiger partial charge on any atom is 0.269 e. The van der Waals surface area contributed by atoms with Crippen LogP contribution in [-0.2, 0) is 0 Å². The number of nitrogens with zero attached hydrogens (tertiary/aromatic N) is 1. The highest BCUT2D eigenvalue weighted by atomic mass is 35.5. The van der Waals surface area contributed by atoms with Gasteiger partial charge in [-0.3, -0.25) is 14.9 Å². The number of halogens is 1. The van der Waals surface area contributed by atoms with Crippen molar-refractivity contribution >= 4 is 39.7 Å². The molecule has 3 aromatic carbocycles. The highest BCUT2D eigenvalue weighted by molar-refractivity contribution is 6.36. The molecule has 0 aliphatic rings. The van der Waals surface area contributed by atoms with Crippen LogP contribution < -0.4 is 5.32 Å². The normalized spacial score (nSPS) is 10.5. The van der Waals surface area contributed by atoms with E-state index in [2.05, 4.69) is 5.32 Å². The van der Waals surface area contributed by atoms with Gasteiger partial charge in [-0.15, -0.1) is 0 Å². The van der Waals surface area contributed by atoms with Gasteiger partial charge >= 0.3 is 0 Å². The molecule has 1 N–H and O–H groups in total. The zero-order valence-electron chi connectivity index (χ0n) is 11.8. The van der Waals surface area contributed by atoms with Crippen LogP contribution in [0.2, 0.25) is 5.02 Å². The molecule has 1 amide bonds. The first-order valence-electron chi connectivity index (χ1n) is 6.79. The van der Waals surface area contributed by atoms with Crippen molar-refractivity contribution in [3.05, 3.63) is 81.4 Å². The molecule has 0 fully saturated rings. The Kier molecular flexibility index (Phi) is 3.95. The van der Waals surface area contributed by atoms with Crippen molar-refractivity contribution in [2.24, 2.45) is 0 Å². The Morgan fingerprint density at radius 3 is 2.30 bits per heavy atom. The quantitative estimate of drug-likeness (QED) is 0.562. The van der Waals surface area contributed by atoms with Gasteiger partial charge in [-0.25, -0.2) is 0 Å². The van der Waals surface area contributed by atoms with Gasteiger partial charge in [0.15, 0.2) is 0 Å². The maximum absolute atomic E-state index is 12.5. The molecule has 0 unspecified atom stereocenters. The zero-order valence-corrected chi connectivity index (χ0v) is 12.6. The van der Waals surface area contributed by atoms with E-state index < -0.39 is 4.92 Å². The number of fused-ring (bicyclic) bond motifs is 1. The van der Waals surface area contributed by atoms with Crippen LogP contribution in [0.5, 0.6) is 0 Å². The molecule has 0 atom stereocenters. The number of amides is 1. The first kappa shape index (κ1) is 15.0. The molecule has 114 valence electrons. The summed E-state index contributed by atoms with van der Waals surface area (Å²) in [5.41, 5.74) is 0.947. The second-order valence-electron chi connectivity index (χ2n) is 4.90. The number of nitro groups is 1. The van der Waals surface area contributed by atoms with E-state index in [0.717, 1.165) is 10.8 Å². The minimum Gasteiger partial charge on any atom is -0.322 e. The minimum absolute atomic E-state index is 0.0278. The Labute approximate surface area is 136 Å². The number of rotatable bonds is 3. The van der Waals surface area contributed by atoms with E-state index in [9.17, 15) is 14.9 Å². The Bertz CT molecular complexity index is 907. The van der Waals surface area contributed by atoms with E-state index in [4.69, 9.17) is 11.6 Å². The van der Waals surface area contributed by atoms with Crippen LogP contribution in [0.1, 0.15) is 10.4 Å². The molecule has 0 radical (unpaired) electrons. The van der Waals surface area contributed by atoms with Gasteiger partial charge < -0.3 is 5.32 Å². The van der Waals surface area contributed by atoms with Crippen molar-refractivity contribution in [3.63, 3.8) is 0 Å². The zero-order chi connectivity index (χ0) is 16.4. The number of anilines is 1. The Balaban J connectivity index is 1.92. The molecule has 0 aliphatic heterocycles. The van der Waals surface area contributed by atoms with Crippen LogP contribution in [-0.4, -0.2) is 10.8 Å². The lowest BCUT2D eigenvalue weighted by Gasteiger charge is -2.09. The van der Waals surface area contributed by atoms with Crippen molar-refractivity contribution < 1.29 is 9.72 Å². The van der Waals surface area contributed by atoms with E-state index >= 15 is 0 Å². The second-order valence-corrected chi connectivity index (χ2v) is 5.31. The molecule has 23 heavy (non-hydrogen) atoms. The van der Waals surface area contributed by atoms with Gasteiger partial charge in [-0.05, 0) is 29.7 Å². The van der Waals surface area contributed by atoms with Gasteiger partial charge in [0.05, 0.1) is 4.92 Å². The summed E-state index contributed by atoms with van der Waals surface area (Å²) in [7, 11) is 0. The summed E-state index contributed by atoms with van der Waals surface area (Å²) in [6, 6.07) is 16.4. The van der Waals surface area contributed by atoms with E-state index in [1.54, 1.807) is 24.3 Å². The highest BCUT2D eigenvalue weighted by Crippen LogP contribution is 2.26. The molecule has 3 aromatic rings. The van der Waals surface area contributed by atoms with Gasteiger partial charge in [0.2, 0.25) is 0 Å². The van der Waals surface area contributed by atoms with Crippen LogP contribution in [0, 0.1) is 10.1 Å². The number of nitrogens with one attached hydrogen (secondary N) is 1. The summed E-state index contributed by atoms with van der Waals surface area (Å²) >= 11 is 6.15. The molecular weight excluding hydrogens is 316 g/mol. The molecule has 6 heteroatoms. The first-order valence-corrected chi connectivity index (χ1v) is 7.17. The van der Waals surface area contributed by atoms with Crippen LogP contribution >= 0.6 is 11.6 Å². The average Bonchev–Trinajstić information content (AvgIpc) is 2.55. The third-order valence-corrected chi connectivity index (χ3v) is 3.78. The lowest BCUT2D eigenvalue weighted by molar-refractivity contribution is -0.384. The van der Waals surface area contributed by atoms with Gasteiger partial charge in [0.25, 0.3) is 11.6 Å². The summed E-state index contributed by atoms with van der Waals surface area (Å²) in [5, 5.41) is 15.5. The fourth-order valence-electron chi connectivity index (χ4n) is 2.33. The monoisotopic (exact) mass is 326 g/mol. The Morgan fingerprint density at radius 2 is 1.61 bits per heavy atom. The van der Waals surface area contributed by atoms with E-state index in [1.807, 2.05) is 12.1 Å². The number of carbonyl (C=O) groups is 1. The second kappa shape index (κ2) is 6.06. The third kappa shape index (κ3) is 3.00. The molecule has 0 aliphatic carbocycles. The highest BCUT2D eigenvalue weighted by Gasteiger charge is 2.12. The molecule has 0 saturated carbocycles. The summed E-state index contributed by atoms with van der Waals surface area (Å²) in [4.78, 5) is 22.6. The molecule has 0 heterocycles. The summed E-state index contributed by atoms with van der Waals surface area (Å²) in [6.45, 7) is 0. The number of carbonyl (C=O) groups excluding carboxylic acids is 1. The van der Waals surface area contributed by atoms with Crippen LogP contribution in [0.15, 0.2) is 60.7 Å². The van der Waals surface area contributed by atoms with Crippen LogP contribution in [0.4, 0.5) is 11.4 Å². The molecule has 5 nitrogen and oxygen atoms in total. The van der Waals surface area contributed by atoms with Crippen molar-refractivity contribution in [3.8, 4) is 0 Å². The van der Waals surface area contributed by atoms with Gasteiger partial charge in [0, 0.05) is 33.8 Å². The molecule has 0 spiro atoms.